The van der Waals surface area contributed by atoms with E-state index < -0.39 is 6.43 Å². The molecular weight excluding hydrogens is 268 g/mol. The second-order valence-corrected chi connectivity index (χ2v) is 6.00. The van der Waals surface area contributed by atoms with Gasteiger partial charge in [0.25, 0.3) is 6.43 Å². The Morgan fingerprint density at radius 3 is 2.53 bits per heavy atom. The molecule has 1 aromatic carbocycles. The molecule has 2 nitrogen and oxygen atoms in total. The molecule has 2 rings (SSSR count). The van der Waals surface area contributed by atoms with Gasteiger partial charge in [0.15, 0.2) is 0 Å². The molecule has 0 fully saturated rings. The molecule has 0 atom stereocenters. The molecule has 0 unspecified atom stereocenters. The van der Waals surface area contributed by atoms with E-state index in [1.807, 2.05) is 20.8 Å². The highest BCUT2D eigenvalue weighted by molar-refractivity contribution is 7.98. The van der Waals surface area contributed by atoms with Crippen LogP contribution in [0.1, 0.15) is 37.0 Å². The molecule has 0 saturated carbocycles. The summed E-state index contributed by atoms with van der Waals surface area (Å²) in [6.07, 6.45) is -0.655. The van der Waals surface area contributed by atoms with Gasteiger partial charge >= 0.3 is 0 Å². The lowest BCUT2D eigenvalue weighted by Crippen LogP contribution is -2.17. The summed E-state index contributed by atoms with van der Waals surface area (Å²) in [4.78, 5) is 5.11. The molecule has 0 aliphatic carbocycles. The number of hydrogen-bond donors (Lipinski definition) is 0. The fraction of sp³-hybridized carbons (Fsp3) is 0.500. The summed E-state index contributed by atoms with van der Waals surface area (Å²) in [5.41, 5.74) is 1.44. The highest BCUT2D eigenvalue weighted by Crippen LogP contribution is 2.35. The molecule has 0 amide bonds. The molecule has 1 aliphatic rings. The van der Waals surface area contributed by atoms with Gasteiger partial charge in [0, 0.05) is 16.0 Å². The lowest BCUT2D eigenvalue weighted by Gasteiger charge is -2.14. The maximum Gasteiger partial charge on any atom is 0.264 e. The predicted octanol–water partition coefficient (Wildman–Crippen LogP) is 4.21. The highest BCUT2D eigenvalue weighted by Gasteiger charge is 2.29. The van der Waals surface area contributed by atoms with Crippen molar-refractivity contribution in [2.75, 3.05) is 12.9 Å². The largest absolute Gasteiger partial charge is 0.475 e. The summed E-state index contributed by atoms with van der Waals surface area (Å²) in [7, 11) is 0. The van der Waals surface area contributed by atoms with E-state index in [2.05, 4.69) is 4.99 Å². The topological polar surface area (TPSA) is 21.6 Å². The third kappa shape index (κ3) is 2.76. The third-order valence-corrected chi connectivity index (χ3v) is 4.02. The number of hydrogen-bond acceptors (Lipinski definition) is 3. The fourth-order valence-electron chi connectivity index (χ4n) is 2.11. The molecule has 0 saturated heterocycles. The van der Waals surface area contributed by atoms with Gasteiger partial charge in [-0.15, -0.1) is 11.8 Å². The van der Waals surface area contributed by atoms with Crippen LogP contribution in [-0.2, 0) is 4.74 Å². The standard InChI is InChI=1S/C14H17F2NOS/c1-8-9(13-17-14(2,3)7-18-13)5-6-10(12(15)16)11(8)19-4/h5-6,12H,7H2,1-4H3. The van der Waals surface area contributed by atoms with Crippen molar-refractivity contribution in [2.45, 2.75) is 37.6 Å². The summed E-state index contributed by atoms with van der Waals surface area (Å²) < 4.78 is 31.5. The maximum absolute atomic E-state index is 13.0. The number of halogens is 2. The van der Waals surface area contributed by atoms with Crippen molar-refractivity contribution in [1.82, 2.24) is 0 Å². The van der Waals surface area contributed by atoms with E-state index in [0.717, 1.165) is 11.1 Å². The number of thioether (sulfide) groups is 1. The number of ether oxygens (including phenoxy) is 1. The van der Waals surface area contributed by atoms with Crippen molar-refractivity contribution < 1.29 is 13.5 Å². The summed E-state index contributed by atoms with van der Waals surface area (Å²) in [5.74, 6) is 0.554. The minimum Gasteiger partial charge on any atom is -0.475 e. The molecule has 5 heteroatoms. The second-order valence-electron chi connectivity index (χ2n) is 5.18. The van der Waals surface area contributed by atoms with Crippen LogP contribution < -0.4 is 0 Å². The molecule has 0 radical (unpaired) electrons. The van der Waals surface area contributed by atoms with Crippen molar-refractivity contribution >= 4 is 17.7 Å². The average molecular weight is 285 g/mol. The average Bonchev–Trinajstić information content (AvgIpc) is 2.68. The Bertz CT molecular complexity index is 526. The van der Waals surface area contributed by atoms with Crippen LogP contribution in [0, 0.1) is 6.92 Å². The van der Waals surface area contributed by atoms with E-state index in [1.54, 1.807) is 12.3 Å². The Balaban J connectivity index is 2.50. The summed E-state index contributed by atoms with van der Waals surface area (Å²) in [6, 6.07) is 3.15. The van der Waals surface area contributed by atoms with Gasteiger partial charge in [-0.2, -0.15) is 0 Å². The van der Waals surface area contributed by atoms with Crippen molar-refractivity contribution in [1.29, 1.82) is 0 Å². The van der Waals surface area contributed by atoms with E-state index in [1.165, 1.54) is 17.8 Å². The molecule has 1 heterocycles. The zero-order valence-corrected chi connectivity index (χ0v) is 12.3. The first-order valence-electron chi connectivity index (χ1n) is 6.04. The lowest BCUT2D eigenvalue weighted by atomic mass is 10.0. The molecular formula is C14H17F2NOS. The van der Waals surface area contributed by atoms with Crippen LogP contribution in [0.5, 0.6) is 0 Å². The normalized spacial score (nSPS) is 17.5. The van der Waals surface area contributed by atoms with Crippen LogP contribution in [0.15, 0.2) is 22.0 Å². The Labute approximate surface area is 116 Å². The SMILES string of the molecule is CSc1c(C(F)F)ccc(C2=NC(C)(C)CO2)c1C. The van der Waals surface area contributed by atoms with Crippen LogP contribution in [0.25, 0.3) is 0 Å². The van der Waals surface area contributed by atoms with Gasteiger partial charge < -0.3 is 4.74 Å². The van der Waals surface area contributed by atoms with Crippen LogP contribution in [0.3, 0.4) is 0 Å². The monoisotopic (exact) mass is 285 g/mol. The number of alkyl halides is 2. The number of rotatable bonds is 3. The molecule has 1 aromatic rings. The van der Waals surface area contributed by atoms with Crippen molar-refractivity contribution in [3.63, 3.8) is 0 Å². The van der Waals surface area contributed by atoms with Crippen molar-refractivity contribution in [2.24, 2.45) is 4.99 Å². The van der Waals surface area contributed by atoms with Gasteiger partial charge in [0.2, 0.25) is 5.90 Å². The Hall–Kier alpha value is -1.10. The van der Waals surface area contributed by atoms with Gasteiger partial charge in [-0.1, -0.05) is 6.07 Å². The summed E-state index contributed by atoms with van der Waals surface area (Å²) in [6.45, 7) is 6.33. The lowest BCUT2D eigenvalue weighted by molar-refractivity contribution is 0.148. The van der Waals surface area contributed by atoms with Gasteiger partial charge in [0.1, 0.15) is 6.61 Å². The molecule has 0 spiro atoms. The van der Waals surface area contributed by atoms with E-state index in [4.69, 9.17) is 4.74 Å². The minimum absolute atomic E-state index is 0.0756. The van der Waals surface area contributed by atoms with Crippen LogP contribution >= 0.6 is 11.8 Å². The molecule has 1 aliphatic heterocycles. The first-order valence-corrected chi connectivity index (χ1v) is 7.27. The van der Waals surface area contributed by atoms with Gasteiger partial charge in [-0.25, -0.2) is 13.8 Å². The summed E-state index contributed by atoms with van der Waals surface area (Å²) >= 11 is 1.33. The van der Waals surface area contributed by atoms with Crippen molar-refractivity contribution in [3.8, 4) is 0 Å². The third-order valence-electron chi connectivity index (χ3n) is 3.07. The quantitative estimate of drug-likeness (QED) is 0.776. The number of benzene rings is 1. The minimum atomic E-state index is -2.46. The van der Waals surface area contributed by atoms with Gasteiger partial charge in [0.05, 0.1) is 5.54 Å². The van der Waals surface area contributed by atoms with Crippen LogP contribution in [-0.4, -0.2) is 24.3 Å². The zero-order chi connectivity index (χ0) is 14.2. The second kappa shape index (κ2) is 5.12. The zero-order valence-electron chi connectivity index (χ0n) is 11.5. The first kappa shape index (κ1) is 14.3. The predicted molar refractivity (Wildman–Crippen MR) is 74.5 cm³/mol. The Morgan fingerprint density at radius 1 is 1.37 bits per heavy atom. The number of nitrogens with zero attached hydrogens (tertiary/aromatic N) is 1. The molecule has 0 N–H and O–H groups in total. The molecule has 0 aromatic heterocycles. The van der Waals surface area contributed by atoms with Gasteiger partial charge in [-0.3, -0.25) is 0 Å². The smallest absolute Gasteiger partial charge is 0.264 e. The summed E-state index contributed by atoms with van der Waals surface area (Å²) in [5, 5.41) is 0. The van der Waals surface area contributed by atoms with Crippen LogP contribution in [0.4, 0.5) is 8.78 Å². The molecule has 104 valence electrons. The Morgan fingerprint density at radius 2 is 2.05 bits per heavy atom. The number of aliphatic imine (C=N–C) groups is 1. The molecule has 19 heavy (non-hydrogen) atoms. The van der Waals surface area contributed by atoms with Crippen molar-refractivity contribution in [3.05, 3.63) is 28.8 Å². The molecule has 0 bridgehead atoms. The highest BCUT2D eigenvalue weighted by atomic mass is 32.2. The fourth-order valence-corrected chi connectivity index (χ4v) is 2.92. The maximum atomic E-state index is 13.0. The van der Waals surface area contributed by atoms with E-state index >= 15 is 0 Å². The van der Waals surface area contributed by atoms with Crippen LogP contribution in [0.2, 0.25) is 0 Å². The first-order chi connectivity index (χ1) is 8.85. The van der Waals surface area contributed by atoms with E-state index in [0.29, 0.717) is 17.4 Å². The van der Waals surface area contributed by atoms with Gasteiger partial charge in [-0.05, 0) is 38.7 Å². The van der Waals surface area contributed by atoms with E-state index in [-0.39, 0.29) is 11.1 Å². The Kier molecular flexibility index (Phi) is 3.85. The van der Waals surface area contributed by atoms with E-state index in [9.17, 15) is 8.78 Å².